The van der Waals surface area contributed by atoms with Crippen LogP contribution >= 0.6 is 7.37 Å². The number of rotatable bonds is 7. The SMILES string of the molecule is CC(CCC(=O)O)(C(=O)O)P(=O)(O)Cc1c(F)c(F)c(F)c(F)c1F. The normalized spacial score (nSPS) is 16.1. The molecular weight excluding hydrogens is 378 g/mol. The van der Waals surface area contributed by atoms with Gasteiger partial charge in [0, 0.05) is 12.0 Å². The van der Waals surface area contributed by atoms with E-state index in [-0.39, 0.29) is 0 Å². The van der Waals surface area contributed by atoms with Crippen LogP contribution in [0.15, 0.2) is 0 Å². The van der Waals surface area contributed by atoms with Crippen LogP contribution < -0.4 is 0 Å². The van der Waals surface area contributed by atoms with Crippen molar-refractivity contribution in [1.82, 2.24) is 0 Å². The fourth-order valence-corrected chi connectivity index (χ4v) is 3.77. The molecule has 1 aromatic carbocycles. The summed E-state index contributed by atoms with van der Waals surface area (Å²) in [5, 5.41) is 15.0. The van der Waals surface area contributed by atoms with Gasteiger partial charge >= 0.3 is 11.9 Å². The van der Waals surface area contributed by atoms with Gasteiger partial charge in [-0.25, -0.2) is 22.0 Å². The first-order valence-electron chi connectivity index (χ1n) is 6.53. The summed E-state index contributed by atoms with van der Waals surface area (Å²) in [7, 11) is -5.16. The van der Waals surface area contributed by atoms with Gasteiger partial charge in [-0.15, -0.1) is 0 Å². The van der Waals surface area contributed by atoms with Crippen molar-refractivity contribution in [2.45, 2.75) is 31.1 Å². The Balaban J connectivity index is 3.43. The Bertz CT molecular complexity index is 754. The van der Waals surface area contributed by atoms with Crippen molar-refractivity contribution in [3.8, 4) is 0 Å². The van der Waals surface area contributed by atoms with Gasteiger partial charge in [-0.2, -0.15) is 0 Å². The maximum absolute atomic E-state index is 13.6. The summed E-state index contributed by atoms with van der Waals surface area (Å²) >= 11 is 0. The number of carboxylic acid groups (broad SMARTS) is 2. The molecule has 0 bridgehead atoms. The lowest BCUT2D eigenvalue weighted by Gasteiger charge is -2.30. The van der Waals surface area contributed by atoms with Gasteiger partial charge in [0.1, 0.15) is 5.16 Å². The van der Waals surface area contributed by atoms with Crippen LogP contribution in [0.1, 0.15) is 25.3 Å². The summed E-state index contributed by atoms with van der Waals surface area (Å²) in [4.78, 5) is 31.9. The van der Waals surface area contributed by atoms with E-state index in [1.807, 2.05) is 0 Å². The van der Waals surface area contributed by atoms with Crippen molar-refractivity contribution in [3.63, 3.8) is 0 Å². The number of benzene rings is 1. The van der Waals surface area contributed by atoms with Crippen LogP contribution in [-0.2, 0) is 20.3 Å². The molecule has 1 aromatic rings. The Morgan fingerprint density at radius 3 is 1.72 bits per heavy atom. The molecule has 0 aliphatic rings. The summed E-state index contributed by atoms with van der Waals surface area (Å²) in [6.07, 6.45) is -3.45. The largest absolute Gasteiger partial charge is 0.481 e. The van der Waals surface area contributed by atoms with Crippen molar-refractivity contribution in [1.29, 1.82) is 0 Å². The van der Waals surface area contributed by atoms with Gasteiger partial charge in [0.25, 0.3) is 0 Å². The van der Waals surface area contributed by atoms with Crippen LogP contribution in [0.4, 0.5) is 22.0 Å². The van der Waals surface area contributed by atoms with E-state index < -0.39 is 78.1 Å². The number of aliphatic carboxylic acids is 2. The molecule has 2 atom stereocenters. The molecule has 3 N–H and O–H groups in total. The molecule has 0 amide bonds. The molecule has 0 aliphatic heterocycles. The molecule has 6 nitrogen and oxygen atoms in total. The lowest BCUT2D eigenvalue weighted by molar-refractivity contribution is -0.141. The van der Waals surface area contributed by atoms with Gasteiger partial charge in [0.15, 0.2) is 23.3 Å². The molecule has 0 radical (unpaired) electrons. The lowest BCUT2D eigenvalue weighted by atomic mass is 10.1. The Morgan fingerprint density at radius 1 is 0.960 bits per heavy atom. The molecule has 0 saturated heterocycles. The van der Waals surface area contributed by atoms with Crippen LogP contribution in [0.3, 0.4) is 0 Å². The molecule has 0 saturated carbocycles. The fourth-order valence-electron chi connectivity index (χ4n) is 1.96. The summed E-state index contributed by atoms with van der Waals surface area (Å²) < 4.78 is 79.0. The number of halogens is 5. The van der Waals surface area contributed by atoms with E-state index in [4.69, 9.17) is 10.2 Å². The average molecular weight is 390 g/mol. The third-order valence-corrected chi connectivity index (χ3v) is 6.43. The molecule has 0 spiro atoms. The van der Waals surface area contributed by atoms with Gasteiger partial charge in [-0.3, -0.25) is 14.2 Å². The smallest absolute Gasteiger partial charge is 0.319 e. The van der Waals surface area contributed by atoms with E-state index in [1.165, 1.54) is 0 Å². The van der Waals surface area contributed by atoms with Crippen molar-refractivity contribution in [2.75, 3.05) is 0 Å². The summed E-state index contributed by atoms with van der Waals surface area (Å²) in [6, 6.07) is 0. The first kappa shape index (κ1) is 21.0. The highest BCUT2D eigenvalue weighted by molar-refractivity contribution is 7.60. The molecule has 1 rings (SSSR count). The van der Waals surface area contributed by atoms with Crippen molar-refractivity contribution in [3.05, 3.63) is 34.6 Å². The highest BCUT2D eigenvalue weighted by atomic mass is 31.2. The highest BCUT2D eigenvalue weighted by Gasteiger charge is 2.50. The zero-order valence-electron chi connectivity index (χ0n) is 12.5. The molecular formula is C13H12F5O6P. The third kappa shape index (κ3) is 3.82. The van der Waals surface area contributed by atoms with Gasteiger partial charge in [-0.05, 0) is 13.3 Å². The molecule has 25 heavy (non-hydrogen) atoms. The monoisotopic (exact) mass is 390 g/mol. The van der Waals surface area contributed by atoms with Crippen molar-refractivity contribution < 1.29 is 51.2 Å². The van der Waals surface area contributed by atoms with E-state index in [0.29, 0.717) is 6.92 Å². The quantitative estimate of drug-likeness (QED) is 0.286. The first-order chi connectivity index (χ1) is 11.3. The van der Waals surface area contributed by atoms with Crippen molar-refractivity contribution in [2.24, 2.45) is 0 Å². The van der Waals surface area contributed by atoms with E-state index in [2.05, 4.69) is 0 Å². The second-order valence-electron chi connectivity index (χ2n) is 5.38. The standard InChI is InChI=1S/C13H12F5O6P/c1-13(12(21)22,3-2-6(19)20)25(23,24)4-5-7(14)9(16)11(18)10(17)8(5)15/h2-4H2,1H3,(H,19,20)(H,21,22)(H,23,24). The zero-order valence-corrected chi connectivity index (χ0v) is 13.4. The second kappa shape index (κ2) is 7.09. The first-order valence-corrected chi connectivity index (χ1v) is 8.38. The van der Waals surface area contributed by atoms with Crippen molar-refractivity contribution >= 4 is 19.3 Å². The molecule has 0 heterocycles. The van der Waals surface area contributed by atoms with Crippen LogP contribution in [0.5, 0.6) is 0 Å². The molecule has 0 aliphatic carbocycles. The predicted octanol–water partition coefficient (Wildman–Crippen LogP) is 2.86. The molecule has 2 unspecified atom stereocenters. The number of hydrogen-bond acceptors (Lipinski definition) is 3. The second-order valence-corrected chi connectivity index (χ2v) is 8.09. The minimum atomic E-state index is -5.16. The molecule has 12 heteroatoms. The zero-order chi connectivity index (χ0) is 19.7. The summed E-state index contributed by atoms with van der Waals surface area (Å²) in [5.74, 6) is -15.4. The van der Waals surface area contributed by atoms with Gasteiger partial charge in [0.2, 0.25) is 13.2 Å². The maximum Gasteiger partial charge on any atom is 0.319 e. The van der Waals surface area contributed by atoms with Crippen LogP contribution in [-0.4, -0.2) is 32.2 Å². The topological polar surface area (TPSA) is 112 Å². The lowest BCUT2D eigenvalue weighted by Crippen LogP contribution is -2.36. The number of hydrogen-bond donors (Lipinski definition) is 3. The van der Waals surface area contributed by atoms with E-state index in [9.17, 15) is 41.0 Å². The summed E-state index contributed by atoms with van der Waals surface area (Å²) in [5.41, 5.74) is -1.65. The Morgan fingerprint density at radius 2 is 1.36 bits per heavy atom. The predicted molar refractivity (Wildman–Crippen MR) is 72.7 cm³/mol. The Kier molecular flexibility index (Phi) is 5.97. The van der Waals surface area contributed by atoms with Crippen LogP contribution in [0, 0.1) is 29.1 Å². The minimum absolute atomic E-state index is 0.658. The van der Waals surface area contributed by atoms with E-state index in [0.717, 1.165) is 0 Å². The fraction of sp³-hybridized carbons (Fsp3) is 0.385. The molecule has 140 valence electrons. The Hall–Kier alpha value is -2.00. The van der Waals surface area contributed by atoms with E-state index in [1.54, 1.807) is 0 Å². The Labute approximate surface area is 137 Å². The number of carbonyl (C=O) groups is 2. The van der Waals surface area contributed by atoms with Crippen LogP contribution in [0.25, 0.3) is 0 Å². The van der Waals surface area contributed by atoms with Gasteiger partial charge in [0.05, 0.1) is 6.16 Å². The molecule has 0 fully saturated rings. The van der Waals surface area contributed by atoms with E-state index >= 15 is 0 Å². The molecule has 0 aromatic heterocycles. The average Bonchev–Trinajstić information content (AvgIpc) is 2.52. The highest BCUT2D eigenvalue weighted by Crippen LogP contribution is 2.59. The van der Waals surface area contributed by atoms with Gasteiger partial charge in [-0.1, -0.05) is 0 Å². The third-order valence-electron chi connectivity index (χ3n) is 3.73. The minimum Gasteiger partial charge on any atom is -0.481 e. The van der Waals surface area contributed by atoms with Crippen LogP contribution in [0.2, 0.25) is 0 Å². The number of carboxylic acids is 2. The summed E-state index contributed by atoms with van der Waals surface area (Å²) in [6.45, 7) is 0.658. The van der Waals surface area contributed by atoms with Gasteiger partial charge < -0.3 is 15.1 Å². The maximum atomic E-state index is 13.6.